The lowest BCUT2D eigenvalue weighted by atomic mass is 10.7. The highest BCUT2D eigenvalue weighted by Crippen LogP contribution is 1.99. The molecular formula is C4H10N2O. The molecule has 1 rings (SSSR count). The third-order valence-corrected chi connectivity index (χ3v) is 1.08. The molecule has 3 heteroatoms. The van der Waals surface area contributed by atoms with Gasteiger partial charge in [0.15, 0.2) is 0 Å². The minimum Gasteiger partial charge on any atom is -0.317 e. The number of nitrogens with one attached hydrogen (secondary N) is 1. The number of hydroxylamine groups is 1. The van der Waals surface area contributed by atoms with Gasteiger partial charge < -0.3 is 5.21 Å². The quantitative estimate of drug-likeness (QED) is 0.364. The predicted molar refractivity (Wildman–Crippen MR) is 26.2 cm³/mol. The maximum atomic E-state index is 8.07. The van der Waals surface area contributed by atoms with E-state index in [2.05, 4.69) is 10.4 Å². The van der Waals surface area contributed by atoms with Gasteiger partial charge in [0.05, 0.1) is 0 Å². The normalized spacial score (nSPS) is 20.1. The highest BCUT2D eigenvalue weighted by atomic mass is 16.5. The van der Waals surface area contributed by atoms with Gasteiger partial charge in [0.2, 0.25) is 0 Å². The van der Waals surface area contributed by atoms with Gasteiger partial charge in [-0.3, -0.25) is 4.90 Å². The Labute approximate surface area is 42.9 Å². The second kappa shape index (κ2) is 2.26. The third kappa shape index (κ3) is 1.87. The van der Waals surface area contributed by atoms with E-state index in [-0.39, 0.29) is 0 Å². The van der Waals surface area contributed by atoms with Crippen molar-refractivity contribution in [1.29, 1.82) is 0 Å². The average molecular weight is 102 g/mol. The van der Waals surface area contributed by atoms with Crippen LogP contribution in [0.4, 0.5) is 0 Å². The summed E-state index contributed by atoms with van der Waals surface area (Å²) in [5.41, 5.74) is 2.10. The molecule has 3 nitrogen and oxygen atoms in total. The molecule has 0 radical (unpaired) electrons. The largest absolute Gasteiger partial charge is 0.317 e. The molecule has 0 bridgehead atoms. The van der Waals surface area contributed by atoms with E-state index in [4.69, 9.17) is 5.21 Å². The summed E-state index contributed by atoms with van der Waals surface area (Å²) < 4.78 is 0. The smallest absolute Gasteiger partial charge is 0.0335 e. The van der Waals surface area contributed by atoms with E-state index >= 15 is 0 Å². The van der Waals surface area contributed by atoms with Gasteiger partial charge >= 0.3 is 0 Å². The second-order valence-corrected chi connectivity index (χ2v) is 1.75. The minimum absolute atomic E-state index is 0.694. The SMILES string of the molecule is ONCCN1CC1. The molecule has 2 N–H and O–H groups in total. The molecule has 0 aromatic rings. The first-order valence-corrected chi connectivity index (χ1v) is 2.53. The van der Waals surface area contributed by atoms with Gasteiger partial charge in [-0.2, -0.15) is 0 Å². The van der Waals surface area contributed by atoms with E-state index in [1.165, 1.54) is 13.1 Å². The highest BCUT2D eigenvalue weighted by Gasteiger charge is 2.14. The first-order valence-electron chi connectivity index (χ1n) is 2.53. The van der Waals surface area contributed by atoms with E-state index < -0.39 is 0 Å². The standard InChI is InChI=1S/C4H10N2O/c7-5-1-2-6-3-4-6/h5,7H,1-4H2. The van der Waals surface area contributed by atoms with Crippen molar-refractivity contribution < 1.29 is 5.21 Å². The van der Waals surface area contributed by atoms with Crippen LogP contribution < -0.4 is 5.48 Å². The molecule has 1 aliphatic rings. The van der Waals surface area contributed by atoms with E-state index in [0.29, 0.717) is 6.54 Å². The van der Waals surface area contributed by atoms with Crippen molar-refractivity contribution in [2.75, 3.05) is 26.2 Å². The predicted octanol–water partition coefficient (Wildman–Crippen LogP) is -0.719. The van der Waals surface area contributed by atoms with E-state index in [1.807, 2.05) is 0 Å². The van der Waals surface area contributed by atoms with Crippen molar-refractivity contribution in [2.45, 2.75) is 0 Å². The summed E-state index contributed by atoms with van der Waals surface area (Å²) in [6, 6.07) is 0. The van der Waals surface area contributed by atoms with Gasteiger partial charge in [-0.25, -0.2) is 5.48 Å². The van der Waals surface area contributed by atoms with Gasteiger partial charge in [-0.15, -0.1) is 0 Å². The molecule has 0 atom stereocenters. The molecule has 0 unspecified atom stereocenters. The van der Waals surface area contributed by atoms with Crippen molar-refractivity contribution in [2.24, 2.45) is 0 Å². The number of rotatable bonds is 3. The zero-order valence-corrected chi connectivity index (χ0v) is 4.22. The lowest BCUT2D eigenvalue weighted by Gasteiger charge is -1.94. The Kier molecular flexibility index (Phi) is 1.62. The molecule has 1 fully saturated rings. The van der Waals surface area contributed by atoms with Crippen LogP contribution in [0.1, 0.15) is 0 Å². The fourth-order valence-electron chi connectivity index (χ4n) is 0.502. The number of nitrogens with zero attached hydrogens (tertiary/aromatic N) is 1. The van der Waals surface area contributed by atoms with Crippen molar-refractivity contribution in [3.8, 4) is 0 Å². The molecule has 1 aliphatic heterocycles. The monoisotopic (exact) mass is 102 g/mol. The van der Waals surface area contributed by atoms with Crippen LogP contribution in [0.2, 0.25) is 0 Å². The lowest BCUT2D eigenvalue weighted by molar-refractivity contribution is 0.163. The lowest BCUT2D eigenvalue weighted by Crippen LogP contribution is -2.17. The highest BCUT2D eigenvalue weighted by molar-refractivity contribution is 4.71. The number of hydrogen-bond donors (Lipinski definition) is 2. The zero-order valence-electron chi connectivity index (χ0n) is 4.22. The Bertz CT molecular complexity index is 53.7. The minimum atomic E-state index is 0.694. The Morgan fingerprint density at radius 1 is 1.57 bits per heavy atom. The van der Waals surface area contributed by atoms with Gasteiger partial charge in [-0.1, -0.05) is 0 Å². The average Bonchev–Trinajstić information content (AvgIpc) is 2.42. The topological polar surface area (TPSA) is 35.3 Å². The maximum absolute atomic E-state index is 8.07. The molecule has 0 amide bonds. The van der Waals surface area contributed by atoms with Crippen LogP contribution in [0.25, 0.3) is 0 Å². The second-order valence-electron chi connectivity index (χ2n) is 1.75. The Morgan fingerprint density at radius 3 is 2.71 bits per heavy atom. The Hall–Kier alpha value is -0.120. The van der Waals surface area contributed by atoms with Crippen LogP contribution in [0, 0.1) is 0 Å². The summed E-state index contributed by atoms with van der Waals surface area (Å²) in [7, 11) is 0. The molecule has 0 saturated carbocycles. The molecule has 0 aromatic heterocycles. The third-order valence-electron chi connectivity index (χ3n) is 1.08. The number of hydrogen-bond acceptors (Lipinski definition) is 3. The maximum Gasteiger partial charge on any atom is 0.0335 e. The van der Waals surface area contributed by atoms with Crippen molar-refractivity contribution in [1.82, 2.24) is 10.4 Å². The van der Waals surface area contributed by atoms with Crippen LogP contribution in [0.15, 0.2) is 0 Å². The molecule has 1 saturated heterocycles. The van der Waals surface area contributed by atoms with Crippen molar-refractivity contribution >= 4 is 0 Å². The van der Waals surface area contributed by atoms with Crippen LogP contribution in [0.5, 0.6) is 0 Å². The van der Waals surface area contributed by atoms with Crippen molar-refractivity contribution in [3.05, 3.63) is 0 Å². The Balaban J connectivity index is 1.80. The summed E-state index contributed by atoms with van der Waals surface area (Å²) in [6.45, 7) is 4.10. The van der Waals surface area contributed by atoms with E-state index in [9.17, 15) is 0 Å². The summed E-state index contributed by atoms with van der Waals surface area (Å²) in [6.07, 6.45) is 0. The molecular weight excluding hydrogens is 92.1 g/mol. The van der Waals surface area contributed by atoms with Crippen LogP contribution >= 0.6 is 0 Å². The first kappa shape index (κ1) is 5.03. The summed E-state index contributed by atoms with van der Waals surface area (Å²) >= 11 is 0. The van der Waals surface area contributed by atoms with Crippen LogP contribution in [0.3, 0.4) is 0 Å². The molecule has 0 spiro atoms. The van der Waals surface area contributed by atoms with Crippen LogP contribution in [-0.2, 0) is 0 Å². The fourth-order valence-corrected chi connectivity index (χ4v) is 0.502. The molecule has 1 heterocycles. The summed E-state index contributed by atoms with van der Waals surface area (Å²) in [5, 5.41) is 8.07. The molecule has 7 heavy (non-hydrogen) atoms. The Morgan fingerprint density at radius 2 is 2.29 bits per heavy atom. The van der Waals surface area contributed by atoms with Crippen molar-refractivity contribution in [3.63, 3.8) is 0 Å². The fraction of sp³-hybridized carbons (Fsp3) is 1.00. The van der Waals surface area contributed by atoms with E-state index in [1.54, 1.807) is 0 Å². The first-order chi connectivity index (χ1) is 3.43. The molecule has 42 valence electrons. The molecule has 0 aliphatic carbocycles. The van der Waals surface area contributed by atoms with Gasteiger partial charge in [0, 0.05) is 26.2 Å². The van der Waals surface area contributed by atoms with Gasteiger partial charge in [-0.05, 0) is 0 Å². The van der Waals surface area contributed by atoms with Crippen LogP contribution in [-0.4, -0.2) is 36.3 Å². The zero-order chi connectivity index (χ0) is 5.11. The van der Waals surface area contributed by atoms with E-state index in [0.717, 1.165) is 6.54 Å². The van der Waals surface area contributed by atoms with Gasteiger partial charge in [0.1, 0.15) is 0 Å². The molecule has 0 aromatic carbocycles. The summed E-state index contributed by atoms with van der Waals surface area (Å²) in [4.78, 5) is 2.24. The summed E-state index contributed by atoms with van der Waals surface area (Å²) in [5.74, 6) is 0. The van der Waals surface area contributed by atoms with Gasteiger partial charge in [0.25, 0.3) is 0 Å².